The molecule has 0 aromatic carbocycles. The highest BCUT2D eigenvalue weighted by Crippen LogP contribution is 2.37. The summed E-state index contributed by atoms with van der Waals surface area (Å²) < 4.78 is 7.20. The third-order valence-corrected chi connectivity index (χ3v) is 3.41. The first-order chi connectivity index (χ1) is 7.15. The highest BCUT2D eigenvalue weighted by Gasteiger charge is 2.28. The molecule has 0 saturated heterocycles. The number of carbonyl (C=O) groups excluding carboxylic acids is 1. The number of aromatic amines is 1. The summed E-state index contributed by atoms with van der Waals surface area (Å²) in [4.78, 5) is 14.4. The van der Waals surface area contributed by atoms with Gasteiger partial charge in [-0.25, -0.2) is 4.79 Å². The lowest BCUT2D eigenvalue weighted by molar-refractivity contribution is 0.0591. The van der Waals surface area contributed by atoms with Crippen molar-refractivity contribution in [3.05, 3.63) is 16.2 Å². The second-order valence-electron chi connectivity index (χ2n) is 3.87. The Morgan fingerprint density at radius 3 is 2.73 bits per heavy atom. The maximum absolute atomic E-state index is 11.5. The Bertz CT molecular complexity index is 443. The van der Waals surface area contributed by atoms with E-state index in [2.05, 4.69) is 4.98 Å². The van der Waals surface area contributed by atoms with Gasteiger partial charge in [0.15, 0.2) is 4.77 Å². The molecule has 4 nitrogen and oxygen atoms in total. The van der Waals surface area contributed by atoms with E-state index in [0.29, 0.717) is 16.4 Å². The van der Waals surface area contributed by atoms with Crippen LogP contribution in [0, 0.1) is 4.77 Å². The van der Waals surface area contributed by atoms with E-state index in [1.807, 2.05) is 11.6 Å². The largest absolute Gasteiger partial charge is 0.464 e. The SMILES string of the molecule is COC(=O)c1[nH]c(=S)n(C)c1C1CCC1. The predicted octanol–water partition coefficient (Wildman–Crippen LogP) is 2.14. The standard InChI is InChI=1S/C10H14N2O2S/c1-12-8(6-4-3-5-6)7(9(13)14-2)11-10(12)15/h6H,3-5H2,1-2H3,(H,11,15). The number of rotatable bonds is 2. The second-order valence-corrected chi connectivity index (χ2v) is 4.26. The van der Waals surface area contributed by atoms with Gasteiger partial charge in [0.25, 0.3) is 0 Å². The fourth-order valence-electron chi connectivity index (χ4n) is 1.95. The Labute approximate surface area is 93.3 Å². The van der Waals surface area contributed by atoms with Crippen LogP contribution in [0.5, 0.6) is 0 Å². The molecule has 1 aliphatic carbocycles. The number of hydrogen-bond acceptors (Lipinski definition) is 3. The number of hydrogen-bond donors (Lipinski definition) is 1. The van der Waals surface area contributed by atoms with Crippen LogP contribution in [0.15, 0.2) is 0 Å². The number of methoxy groups -OCH3 is 1. The Hall–Kier alpha value is -1.10. The number of nitrogens with one attached hydrogen (secondary N) is 1. The zero-order valence-electron chi connectivity index (χ0n) is 8.87. The lowest BCUT2D eigenvalue weighted by Gasteiger charge is -2.26. The van der Waals surface area contributed by atoms with Crippen LogP contribution < -0.4 is 0 Å². The molecule has 1 aliphatic rings. The fourth-order valence-corrected chi connectivity index (χ4v) is 2.15. The van der Waals surface area contributed by atoms with E-state index in [0.717, 1.165) is 18.5 Å². The first-order valence-corrected chi connectivity index (χ1v) is 5.43. The van der Waals surface area contributed by atoms with Crippen molar-refractivity contribution >= 4 is 18.2 Å². The number of imidazole rings is 1. The molecule has 0 bridgehead atoms. The maximum Gasteiger partial charge on any atom is 0.356 e. The third-order valence-electron chi connectivity index (χ3n) is 3.04. The minimum atomic E-state index is -0.330. The molecule has 0 aliphatic heterocycles. The van der Waals surface area contributed by atoms with Gasteiger partial charge in [0, 0.05) is 13.0 Å². The highest BCUT2D eigenvalue weighted by molar-refractivity contribution is 7.71. The molecule has 0 spiro atoms. The van der Waals surface area contributed by atoms with E-state index in [-0.39, 0.29) is 5.97 Å². The average Bonchev–Trinajstić information content (AvgIpc) is 2.43. The van der Waals surface area contributed by atoms with Crippen molar-refractivity contribution < 1.29 is 9.53 Å². The second kappa shape index (κ2) is 3.81. The van der Waals surface area contributed by atoms with Crippen LogP contribution in [0.2, 0.25) is 0 Å². The van der Waals surface area contributed by atoms with Crippen molar-refractivity contribution in [2.45, 2.75) is 25.2 Å². The molecule has 15 heavy (non-hydrogen) atoms. The van der Waals surface area contributed by atoms with Gasteiger partial charge in [-0.2, -0.15) is 0 Å². The molecule has 1 N–H and O–H groups in total. The molecule has 1 heterocycles. The molecule has 1 fully saturated rings. The minimum absolute atomic E-state index is 0.330. The molecule has 5 heteroatoms. The van der Waals surface area contributed by atoms with Gasteiger partial charge in [-0.05, 0) is 25.1 Å². The summed E-state index contributed by atoms with van der Waals surface area (Å²) in [7, 11) is 3.27. The monoisotopic (exact) mass is 226 g/mol. The number of ether oxygens (including phenoxy) is 1. The van der Waals surface area contributed by atoms with E-state index in [4.69, 9.17) is 17.0 Å². The molecule has 0 atom stereocenters. The van der Waals surface area contributed by atoms with Gasteiger partial charge in [-0.15, -0.1) is 0 Å². The summed E-state index contributed by atoms with van der Waals surface area (Å²) in [5, 5.41) is 0. The van der Waals surface area contributed by atoms with E-state index in [1.165, 1.54) is 13.5 Å². The molecule has 0 radical (unpaired) electrons. The van der Waals surface area contributed by atoms with Crippen LogP contribution >= 0.6 is 12.2 Å². The molecular weight excluding hydrogens is 212 g/mol. The van der Waals surface area contributed by atoms with Gasteiger partial charge in [0.2, 0.25) is 0 Å². The summed E-state index contributed by atoms with van der Waals surface area (Å²) in [6.07, 6.45) is 3.48. The van der Waals surface area contributed by atoms with Crippen molar-refractivity contribution in [3.63, 3.8) is 0 Å². The van der Waals surface area contributed by atoms with Crippen LogP contribution in [0.4, 0.5) is 0 Å². The first kappa shape index (κ1) is 10.4. The lowest BCUT2D eigenvalue weighted by Crippen LogP contribution is -2.17. The number of esters is 1. The van der Waals surface area contributed by atoms with Gasteiger partial charge < -0.3 is 14.3 Å². The van der Waals surface area contributed by atoms with Gasteiger partial charge >= 0.3 is 5.97 Å². The Balaban J connectivity index is 2.48. The zero-order valence-corrected chi connectivity index (χ0v) is 9.69. The van der Waals surface area contributed by atoms with Crippen LogP contribution in [0.1, 0.15) is 41.4 Å². The maximum atomic E-state index is 11.5. The van der Waals surface area contributed by atoms with Gasteiger partial charge in [-0.1, -0.05) is 6.42 Å². The summed E-state index contributed by atoms with van der Waals surface area (Å²) in [6, 6.07) is 0. The Morgan fingerprint density at radius 1 is 1.60 bits per heavy atom. The number of H-pyrrole nitrogens is 1. The smallest absolute Gasteiger partial charge is 0.356 e. The molecule has 1 saturated carbocycles. The summed E-state index contributed by atoms with van der Waals surface area (Å²) in [5.74, 6) is 0.126. The predicted molar refractivity (Wildman–Crippen MR) is 58.5 cm³/mol. The van der Waals surface area contributed by atoms with Crippen molar-refractivity contribution in [2.24, 2.45) is 7.05 Å². The van der Waals surface area contributed by atoms with Gasteiger partial charge in [0.1, 0.15) is 5.69 Å². The number of carbonyl (C=O) groups is 1. The van der Waals surface area contributed by atoms with Gasteiger partial charge in [0.05, 0.1) is 12.8 Å². The minimum Gasteiger partial charge on any atom is -0.464 e. The van der Waals surface area contributed by atoms with E-state index in [1.54, 1.807) is 0 Å². The molecule has 82 valence electrons. The van der Waals surface area contributed by atoms with Crippen molar-refractivity contribution in [1.29, 1.82) is 0 Å². The van der Waals surface area contributed by atoms with Crippen molar-refractivity contribution in [1.82, 2.24) is 9.55 Å². The fraction of sp³-hybridized carbons (Fsp3) is 0.600. The Kier molecular flexibility index (Phi) is 2.65. The van der Waals surface area contributed by atoms with Crippen molar-refractivity contribution in [3.8, 4) is 0 Å². The number of nitrogens with zero attached hydrogens (tertiary/aromatic N) is 1. The van der Waals surface area contributed by atoms with Crippen molar-refractivity contribution in [2.75, 3.05) is 7.11 Å². The molecule has 2 rings (SSSR count). The quantitative estimate of drug-likeness (QED) is 0.620. The molecule has 0 unspecified atom stereocenters. The normalized spacial score (nSPS) is 16.1. The van der Waals surface area contributed by atoms with Crippen LogP contribution in [0.25, 0.3) is 0 Å². The van der Waals surface area contributed by atoms with E-state index in [9.17, 15) is 4.79 Å². The van der Waals surface area contributed by atoms with Crippen LogP contribution in [-0.2, 0) is 11.8 Å². The molecule has 1 aromatic heterocycles. The molecule has 0 amide bonds. The first-order valence-electron chi connectivity index (χ1n) is 5.02. The topological polar surface area (TPSA) is 47.0 Å². The highest BCUT2D eigenvalue weighted by atomic mass is 32.1. The molecule has 1 aromatic rings. The Morgan fingerprint density at radius 2 is 2.27 bits per heavy atom. The number of aromatic nitrogens is 2. The zero-order chi connectivity index (χ0) is 11.0. The van der Waals surface area contributed by atoms with E-state index < -0.39 is 0 Å². The summed E-state index contributed by atoms with van der Waals surface area (Å²) >= 11 is 5.12. The molecular formula is C10H14N2O2S. The van der Waals surface area contributed by atoms with Crippen LogP contribution in [-0.4, -0.2) is 22.6 Å². The third kappa shape index (κ3) is 1.61. The summed E-state index contributed by atoms with van der Waals surface area (Å²) in [6.45, 7) is 0. The van der Waals surface area contributed by atoms with E-state index >= 15 is 0 Å². The average molecular weight is 226 g/mol. The van der Waals surface area contributed by atoms with Crippen LogP contribution in [0.3, 0.4) is 0 Å². The summed E-state index contributed by atoms with van der Waals surface area (Å²) in [5.41, 5.74) is 1.52. The van der Waals surface area contributed by atoms with Gasteiger partial charge in [-0.3, -0.25) is 0 Å². The lowest BCUT2D eigenvalue weighted by atomic mass is 9.82.